The van der Waals surface area contributed by atoms with Gasteiger partial charge in [0.25, 0.3) is 0 Å². The van der Waals surface area contributed by atoms with Crippen molar-refractivity contribution in [2.75, 3.05) is 37.8 Å². The molecule has 0 saturated heterocycles. The lowest BCUT2D eigenvalue weighted by Crippen LogP contribution is -2.00. The number of nitrogens with one attached hydrogen (secondary N) is 2. The Kier molecular flexibility index (Phi) is 12.3. The molecule has 38 heavy (non-hydrogen) atoms. The third kappa shape index (κ3) is 6.47. The molecule has 202 valence electrons. The van der Waals surface area contributed by atoms with Gasteiger partial charge in [-0.15, -0.1) is 0 Å². The Morgan fingerprint density at radius 3 is 1.50 bits per heavy atom. The summed E-state index contributed by atoms with van der Waals surface area (Å²) >= 11 is 8.44. The highest BCUT2D eigenvalue weighted by Gasteiger charge is 2.15. The lowest BCUT2D eigenvalue weighted by atomic mass is 10.0. The molecular weight excluding hydrogens is 683 g/mol. The molecule has 0 fully saturated rings. The number of ether oxygens (including phenoxy) is 2. The van der Waals surface area contributed by atoms with Gasteiger partial charge in [0, 0.05) is 86.3 Å². The zero-order chi connectivity index (χ0) is 28.9. The van der Waals surface area contributed by atoms with Crippen LogP contribution in [-0.2, 0) is 0 Å². The minimum absolute atomic E-state index is 0.888. The number of benzene rings is 2. The number of rotatable bonds is 2. The Balaban J connectivity index is 0.000000223. The van der Waals surface area contributed by atoms with Crippen LogP contribution in [-0.4, -0.2) is 37.2 Å². The van der Waals surface area contributed by atoms with Crippen LogP contribution < -0.4 is 20.1 Å². The van der Waals surface area contributed by atoms with Crippen molar-refractivity contribution in [1.82, 2.24) is 9.97 Å². The fraction of sp³-hybridized carbons (Fsp3) is 0.214. The Morgan fingerprint density at radius 2 is 1.16 bits per heavy atom. The van der Waals surface area contributed by atoms with E-state index in [0.29, 0.717) is 0 Å². The molecule has 4 heterocycles. The molecule has 0 atom stereocenters. The minimum atomic E-state index is -1.00. The van der Waals surface area contributed by atoms with Gasteiger partial charge in [-0.05, 0) is 67.2 Å². The number of hydrogen-bond donors (Lipinski definition) is 2. The van der Waals surface area contributed by atoms with Crippen molar-refractivity contribution in [3.8, 4) is 11.5 Å². The average Bonchev–Trinajstić information content (AvgIpc) is 2.99. The molecule has 6 rings (SSSR count). The smallest absolute Gasteiger partial charge is 0.124 e. The number of anilines is 2. The quantitative estimate of drug-likeness (QED) is 0.202. The van der Waals surface area contributed by atoms with Gasteiger partial charge in [-0.3, -0.25) is 14.4 Å². The van der Waals surface area contributed by atoms with E-state index in [4.69, 9.17) is 10.8 Å². The predicted octanol–water partition coefficient (Wildman–Crippen LogP) is 9.18. The molecule has 6 nitrogen and oxygen atoms in total. The van der Waals surface area contributed by atoms with E-state index in [2.05, 4.69) is 76.9 Å². The van der Waals surface area contributed by atoms with Gasteiger partial charge in [0.05, 0.1) is 33.8 Å². The molecule has 0 saturated carbocycles. The number of aryl methyl sites for hydroxylation is 2. The summed E-state index contributed by atoms with van der Waals surface area (Å²) in [6.45, 7) is 4.07. The lowest BCUT2D eigenvalue weighted by Gasteiger charge is -2.16. The van der Waals surface area contributed by atoms with E-state index < -0.39 is 7.15 Å². The summed E-state index contributed by atoms with van der Waals surface area (Å²) in [5.74, 6) is 3.59. The molecule has 2 aromatic carbocycles. The van der Waals surface area contributed by atoms with Crippen LogP contribution in [0.15, 0.2) is 49.1 Å². The van der Waals surface area contributed by atoms with Crippen molar-refractivity contribution < 1.29 is 15.2 Å². The number of methoxy groups -OCH3 is 2. The van der Waals surface area contributed by atoms with Gasteiger partial charge in [-0.25, -0.2) is 0 Å². The Hall–Kier alpha value is -2.69. The largest absolute Gasteiger partial charge is 0.496 e. The summed E-state index contributed by atoms with van der Waals surface area (Å²) in [6, 6.07) is 8.09. The SMILES string of the molecule is BrBr.CBr.COc1cc2c3c(ccnc3c1C)NC=C2.COc1cc2c3c(ccnc3c1C)NC=C2.[2H]CF. The summed E-state index contributed by atoms with van der Waals surface area (Å²) < 4.78 is 26.2. The van der Waals surface area contributed by atoms with Crippen LogP contribution in [0.2, 0.25) is 0 Å². The van der Waals surface area contributed by atoms with Crippen LogP contribution in [0.4, 0.5) is 15.8 Å². The van der Waals surface area contributed by atoms with E-state index in [-0.39, 0.29) is 0 Å². The van der Waals surface area contributed by atoms with Crippen LogP contribution in [0.1, 0.15) is 23.6 Å². The van der Waals surface area contributed by atoms with Crippen LogP contribution >= 0.6 is 44.2 Å². The molecule has 0 radical (unpaired) electrons. The normalized spacial score (nSPS) is 11.4. The Labute approximate surface area is 248 Å². The van der Waals surface area contributed by atoms with Crippen LogP contribution in [0.3, 0.4) is 0 Å². The molecular formula is C28H30Br3FN4O2. The summed E-state index contributed by atoms with van der Waals surface area (Å²) in [6.07, 6.45) is 11.6. The number of hydrogen-bond acceptors (Lipinski definition) is 6. The first-order valence-electron chi connectivity index (χ1n) is 11.9. The molecule has 2 aromatic heterocycles. The third-order valence-electron chi connectivity index (χ3n) is 5.95. The minimum Gasteiger partial charge on any atom is -0.496 e. The number of alkyl halides is 2. The zero-order valence-corrected chi connectivity index (χ0v) is 26.5. The van der Waals surface area contributed by atoms with Gasteiger partial charge < -0.3 is 20.1 Å². The first kappa shape index (κ1) is 29.9. The number of pyridine rings is 2. The molecule has 2 aliphatic heterocycles. The van der Waals surface area contributed by atoms with Crippen LogP contribution in [0, 0.1) is 13.8 Å². The monoisotopic (exact) mass is 711 g/mol. The van der Waals surface area contributed by atoms with Gasteiger partial charge in [0.1, 0.15) is 11.5 Å². The summed E-state index contributed by atoms with van der Waals surface area (Å²) in [5.41, 5.74) is 8.69. The Bertz CT molecular complexity index is 1360. The van der Waals surface area contributed by atoms with Crippen LogP contribution in [0.5, 0.6) is 11.5 Å². The molecule has 0 bridgehead atoms. The molecule has 2 N–H and O–H groups in total. The Morgan fingerprint density at radius 1 is 0.789 bits per heavy atom. The van der Waals surface area contributed by atoms with Gasteiger partial charge >= 0.3 is 0 Å². The summed E-state index contributed by atoms with van der Waals surface area (Å²) in [7, 11) is 2.38. The maximum atomic E-state index is 9.96. The van der Waals surface area contributed by atoms with E-state index in [9.17, 15) is 4.39 Å². The second-order valence-corrected chi connectivity index (χ2v) is 7.71. The maximum Gasteiger partial charge on any atom is 0.124 e. The van der Waals surface area contributed by atoms with Gasteiger partial charge in [0.15, 0.2) is 0 Å². The second-order valence-electron chi connectivity index (χ2n) is 7.71. The van der Waals surface area contributed by atoms with E-state index in [1.165, 1.54) is 10.8 Å². The highest BCUT2D eigenvalue weighted by molar-refractivity contribution is 9.93. The molecule has 0 amide bonds. The van der Waals surface area contributed by atoms with Gasteiger partial charge in [-0.1, -0.05) is 15.9 Å². The van der Waals surface area contributed by atoms with E-state index in [1.54, 1.807) is 14.2 Å². The molecule has 4 aromatic rings. The second kappa shape index (κ2) is 15.7. The van der Waals surface area contributed by atoms with Crippen molar-refractivity contribution >= 4 is 89.5 Å². The van der Waals surface area contributed by atoms with Gasteiger partial charge in [0.2, 0.25) is 0 Å². The van der Waals surface area contributed by atoms with Gasteiger partial charge in [-0.2, -0.15) is 0 Å². The molecule has 0 unspecified atom stereocenters. The van der Waals surface area contributed by atoms with Crippen molar-refractivity contribution in [1.29, 1.82) is 0 Å². The third-order valence-corrected chi connectivity index (χ3v) is 5.95. The fourth-order valence-electron chi connectivity index (χ4n) is 4.32. The highest BCUT2D eigenvalue weighted by atomic mass is 80.9. The number of nitrogens with zero attached hydrogens (tertiary/aromatic N) is 2. The van der Waals surface area contributed by atoms with Crippen molar-refractivity contribution in [3.05, 3.63) is 71.3 Å². The number of halogens is 4. The van der Waals surface area contributed by atoms with E-state index >= 15 is 0 Å². The predicted molar refractivity (Wildman–Crippen MR) is 171 cm³/mol. The number of aromatic nitrogens is 2. The summed E-state index contributed by atoms with van der Waals surface area (Å²) in [5, 5.41) is 8.80. The average molecular weight is 714 g/mol. The first-order chi connectivity index (χ1) is 19.0. The molecule has 0 spiro atoms. The lowest BCUT2D eigenvalue weighted by molar-refractivity contribution is 0.412. The zero-order valence-electron chi connectivity index (χ0n) is 22.7. The van der Waals surface area contributed by atoms with Crippen LogP contribution in [0.25, 0.3) is 34.0 Å². The highest BCUT2D eigenvalue weighted by Crippen LogP contribution is 2.37. The van der Waals surface area contributed by atoms with Crippen molar-refractivity contribution in [2.24, 2.45) is 0 Å². The maximum absolute atomic E-state index is 9.96. The van der Waals surface area contributed by atoms with E-state index in [1.807, 2.05) is 68.8 Å². The standard InChI is InChI=1S/2C13H12N2O.CH3Br.CH3F.Br2/c2*1-8-11(16-2)7-9-3-5-14-10-4-6-15-13(8)12(9)10;3*1-2/h2*3-7,14H,1-2H3;2*1H3;/i;;;1D;. The van der Waals surface area contributed by atoms with E-state index in [0.717, 1.165) is 56.2 Å². The topological polar surface area (TPSA) is 68.3 Å². The first-order valence-corrected chi connectivity index (χ1v) is 16.5. The summed E-state index contributed by atoms with van der Waals surface area (Å²) in [4.78, 5) is 8.88. The molecule has 0 aliphatic carbocycles. The van der Waals surface area contributed by atoms with Crippen molar-refractivity contribution in [2.45, 2.75) is 13.8 Å². The molecule has 2 aliphatic rings. The fourth-order valence-corrected chi connectivity index (χ4v) is 4.32. The molecule has 10 heteroatoms. The van der Waals surface area contributed by atoms with Crippen molar-refractivity contribution in [3.63, 3.8) is 0 Å².